The standard InChI is InChI=1S/C42H56N6O9S/c1-41(20-21-41)58(53,54)47-39(51)42-24-27(42)14-8-4-3-5-9-16-32-38(50)48-25-29(23-34(48)36(49)46-42)56-37-31(43-30-19-18-28(55-2)22-33(30)44-37)15-10-6-7-12-26-13-11-17-35(26)57-40(52)45-32/h4,8,18-19,22,26-27,29,32,34-35H,3,5-7,9-17,20-21,23-25H2,1-2H3,(H,45,52)(H,46,49)(H,47,51)/b8-4+/t26-,27+,29-,32+,34+,35-,42?/m1/s1. The van der Waals surface area contributed by atoms with Crippen molar-refractivity contribution in [2.45, 2.75) is 151 Å². The molecule has 58 heavy (non-hydrogen) atoms. The van der Waals surface area contributed by atoms with E-state index in [0.29, 0.717) is 73.3 Å². The second-order valence-electron chi connectivity index (χ2n) is 17.5. The second kappa shape index (κ2) is 16.3. The fraction of sp³-hybridized carbons (Fsp3) is 0.667. The van der Waals surface area contributed by atoms with Crippen molar-refractivity contribution in [1.82, 2.24) is 30.2 Å². The van der Waals surface area contributed by atoms with Crippen LogP contribution in [-0.2, 0) is 35.6 Å². The third kappa shape index (κ3) is 8.35. The molecule has 314 valence electrons. The van der Waals surface area contributed by atoms with Gasteiger partial charge in [0.2, 0.25) is 27.7 Å². The topological polar surface area (TPSA) is 195 Å². The lowest BCUT2D eigenvalue weighted by Crippen LogP contribution is -2.58. The van der Waals surface area contributed by atoms with Gasteiger partial charge in [-0.15, -0.1) is 0 Å². The number of aryl methyl sites for hydroxylation is 1. The third-order valence-corrected chi connectivity index (χ3v) is 15.5. The summed E-state index contributed by atoms with van der Waals surface area (Å²) in [4.78, 5) is 68.1. The van der Waals surface area contributed by atoms with E-state index < -0.39 is 62.3 Å². The van der Waals surface area contributed by atoms with E-state index in [4.69, 9.17) is 24.2 Å². The number of methoxy groups -OCH3 is 1. The minimum Gasteiger partial charge on any atom is -0.497 e. The summed E-state index contributed by atoms with van der Waals surface area (Å²) >= 11 is 0. The van der Waals surface area contributed by atoms with Crippen molar-refractivity contribution in [2.24, 2.45) is 11.8 Å². The summed E-state index contributed by atoms with van der Waals surface area (Å²) in [5.41, 5.74) is 0.475. The fourth-order valence-electron chi connectivity index (χ4n) is 9.28. The highest BCUT2D eigenvalue weighted by Gasteiger charge is 2.63. The number of amides is 4. The molecule has 0 radical (unpaired) electrons. The van der Waals surface area contributed by atoms with Gasteiger partial charge in [0.1, 0.15) is 41.3 Å². The first-order valence-corrected chi connectivity index (χ1v) is 22.7. The molecular formula is C42H56N6O9S. The Morgan fingerprint density at radius 2 is 1.78 bits per heavy atom. The van der Waals surface area contributed by atoms with Crippen LogP contribution in [0.3, 0.4) is 0 Å². The number of fused-ring (bicyclic) bond motifs is 6. The van der Waals surface area contributed by atoms with Gasteiger partial charge in [-0.1, -0.05) is 31.4 Å². The highest BCUT2D eigenvalue weighted by atomic mass is 32.2. The molecule has 3 saturated carbocycles. The Hall–Kier alpha value is -4.47. The van der Waals surface area contributed by atoms with Crippen LogP contribution in [0.15, 0.2) is 30.4 Å². The van der Waals surface area contributed by atoms with Gasteiger partial charge in [0.25, 0.3) is 5.91 Å². The van der Waals surface area contributed by atoms with Crippen LogP contribution >= 0.6 is 0 Å². The van der Waals surface area contributed by atoms with Crippen molar-refractivity contribution in [3.8, 4) is 11.6 Å². The highest BCUT2D eigenvalue weighted by Crippen LogP contribution is 2.48. The number of aromatic nitrogens is 2. The van der Waals surface area contributed by atoms with Gasteiger partial charge in [-0.3, -0.25) is 19.1 Å². The first-order valence-electron chi connectivity index (χ1n) is 21.2. The number of ether oxygens (including phenoxy) is 3. The molecule has 1 aromatic heterocycles. The van der Waals surface area contributed by atoms with Gasteiger partial charge in [0.15, 0.2) is 0 Å². The van der Waals surface area contributed by atoms with Gasteiger partial charge in [0, 0.05) is 12.5 Å². The van der Waals surface area contributed by atoms with Crippen molar-refractivity contribution in [1.29, 1.82) is 0 Å². The minimum absolute atomic E-state index is 0.00301. The molecule has 2 aromatic rings. The number of carbonyl (C=O) groups is 4. The Morgan fingerprint density at radius 1 is 0.966 bits per heavy atom. The fourth-order valence-corrected chi connectivity index (χ4v) is 10.6. The van der Waals surface area contributed by atoms with Gasteiger partial charge in [0.05, 0.1) is 29.4 Å². The van der Waals surface area contributed by atoms with E-state index >= 15 is 0 Å². The average Bonchev–Trinajstić information content (AvgIpc) is 4.00. The summed E-state index contributed by atoms with van der Waals surface area (Å²) in [6.45, 7) is 1.61. The van der Waals surface area contributed by atoms with Crippen molar-refractivity contribution >= 4 is 44.9 Å². The zero-order chi connectivity index (χ0) is 40.7. The van der Waals surface area contributed by atoms with Crippen LogP contribution < -0.4 is 24.8 Å². The molecule has 8 rings (SSSR count). The molecule has 16 heteroatoms. The van der Waals surface area contributed by atoms with Crippen molar-refractivity contribution < 1.29 is 41.8 Å². The SMILES string of the molecule is COc1ccc2nc3c(nc2c1)O[C@@H]1C[C@H]2C(=O)NC4(C(=O)NS(=O)(=O)C5(C)CC5)C[C@@H]4C/C=C/CCCC[C@H](NC(=O)O[C@@H]4CCC[C@H]4CCCCC3)C(=O)N2C1. The lowest BCUT2D eigenvalue weighted by atomic mass is 9.97. The molecule has 4 fully saturated rings. The van der Waals surface area contributed by atoms with Crippen LogP contribution in [0.4, 0.5) is 4.79 Å². The van der Waals surface area contributed by atoms with Crippen LogP contribution in [0, 0.1) is 11.8 Å². The number of benzene rings is 1. The maximum atomic E-state index is 14.7. The maximum Gasteiger partial charge on any atom is 0.408 e. The molecule has 3 N–H and O–H groups in total. The van der Waals surface area contributed by atoms with E-state index in [1.54, 1.807) is 20.1 Å². The molecule has 3 bridgehead atoms. The summed E-state index contributed by atoms with van der Waals surface area (Å²) in [6.07, 6.45) is 13.5. The molecule has 7 atom stereocenters. The molecule has 1 saturated heterocycles. The molecule has 0 spiro atoms. The smallest absolute Gasteiger partial charge is 0.408 e. The lowest BCUT2D eigenvalue weighted by molar-refractivity contribution is -0.141. The quantitative estimate of drug-likeness (QED) is 0.360. The summed E-state index contributed by atoms with van der Waals surface area (Å²) in [5.74, 6) is -0.985. The van der Waals surface area contributed by atoms with Crippen LogP contribution in [-0.4, -0.2) is 95.3 Å². The van der Waals surface area contributed by atoms with Crippen molar-refractivity contribution in [2.75, 3.05) is 13.7 Å². The zero-order valence-electron chi connectivity index (χ0n) is 33.5. The normalized spacial score (nSPS) is 32.2. The lowest BCUT2D eigenvalue weighted by Gasteiger charge is -2.30. The van der Waals surface area contributed by atoms with E-state index in [9.17, 15) is 27.6 Å². The summed E-state index contributed by atoms with van der Waals surface area (Å²) in [5, 5.41) is 5.83. The first kappa shape index (κ1) is 40.3. The molecular weight excluding hydrogens is 765 g/mol. The Balaban J connectivity index is 1.14. The van der Waals surface area contributed by atoms with Gasteiger partial charge in [-0.05, 0) is 114 Å². The molecule has 6 aliphatic rings. The molecule has 3 aliphatic heterocycles. The van der Waals surface area contributed by atoms with Crippen molar-refractivity contribution in [3.63, 3.8) is 0 Å². The highest BCUT2D eigenvalue weighted by molar-refractivity contribution is 7.91. The van der Waals surface area contributed by atoms with Crippen LogP contribution in [0.1, 0.15) is 115 Å². The first-order chi connectivity index (χ1) is 27.9. The number of hydrogen-bond donors (Lipinski definition) is 3. The number of sulfonamides is 1. The molecule has 4 heterocycles. The number of allylic oxidation sites excluding steroid dienone is 2. The van der Waals surface area contributed by atoms with E-state index in [2.05, 4.69) is 15.4 Å². The minimum atomic E-state index is -3.98. The zero-order valence-corrected chi connectivity index (χ0v) is 34.3. The van der Waals surface area contributed by atoms with Gasteiger partial charge in [-0.25, -0.2) is 23.2 Å². The van der Waals surface area contributed by atoms with E-state index in [-0.39, 0.29) is 37.3 Å². The number of rotatable bonds is 4. The van der Waals surface area contributed by atoms with Crippen LogP contribution in [0.2, 0.25) is 0 Å². The Labute approximate surface area is 339 Å². The summed E-state index contributed by atoms with van der Waals surface area (Å²) in [7, 11) is -2.40. The maximum absolute atomic E-state index is 14.7. The Bertz CT molecular complexity index is 2070. The predicted molar refractivity (Wildman–Crippen MR) is 213 cm³/mol. The molecule has 1 unspecified atom stereocenters. The van der Waals surface area contributed by atoms with E-state index in [1.165, 1.54) is 4.90 Å². The van der Waals surface area contributed by atoms with Crippen LogP contribution in [0.5, 0.6) is 11.6 Å². The third-order valence-electron chi connectivity index (χ3n) is 13.3. The molecule has 1 aromatic carbocycles. The monoisotopic (exact) mass is 820 g/mol. The predicted octanol–water partition coefficient (Wildman–Crippen LogP) is 4.76. The average molecular weight is 821 g/mol. The van der Waals surface area contributed by atoms with E-state index in [1.807, 2.05) is 24.3 Å². The second-order valence-corrected chi connectivity index (χ2v) is 19.7. The number of carbonyl (C=O) groups excluding carboxylic acids is 4. The number of alkyl carbamates (subject to hydrolysis) is 1. The summed E-state index contributed by atoms with van der Waals surface area (Å²) < 4.78 is 45.8. The van der Waals surface area contributed by atoms with E-state index in [0.717, 1.165) is 51.4 Å². The van der Waals surface area contributed by atoms with Gasteiger partial charge in [-0.2, -0.15) is 0 Å². The van der Waals surface area contributed by atoms with Gasteiger partial charge >= 0.3 is 6.09 Å². The van der Waals surface area contributed by atoms with Crippen molar-refractivity contribution in [3.05, 3.63) is 36.0 Å². The van der Waals surface area contributed by atoms with Crippen LogP contribution in [0.25, 0.3) is 11.0 Å². The number of hydrogen-bond acceptors (Lipinski definition) is 11. The largest absolute Gasteiger partial charge is 0.497 e. The summed E-state index contributed by atoms with van der Waals surface area (Å²) in [6, 6.07) is 3.41. The molecule has 3 aliphatic carbocycles. The Kier molecular flexibility index (Phi) is 11.3. The molecule has 15 nitrogen and oxygen atoms in total. The number of nitrogens with one attached hydrogen (secondary N) is 3. The number of nitrogens with zero attached hydrogens (tertiary/aromatic N) is 3. The van der Waals surface area contributed by atoms with Gasteiger partial charge < -0.3 is 29.7 Å². The molecule has 4 amide bonds. The Morgan fingerprint density at radius 3 is 2.59 bits per heavy atom.